The van der Waals surface area contributed by atoms with E-state index >= 15 is 0 Å². The van der Waals surface area contributed by atoms with Crippen LogP contribution in [0, 0.1) is 11.7 Å². The first-order chi connectivity index (χ1) is 10.5. The number of nitrogens with zero attached hydrogens (tertiary/aromatic N) is 1. The zero-order chi connectivity index (χ0) is 15.9. The van der Waals surface area contributed by atoms with Crippen LogP contribution in [-0.2, 0) is 11.2 Å². The summed E-state index contributed by atoms with van der Waals surface area (Å²) in [6.07, 6.45) is 1.59. The molecule has 22 heavy (non-hydrogen) atoms. The average molecular weight is 301 g/mol. The Morgan fingerprint density at radius 3 is 2.64 bits per heavy atom. The van der Waals surface area contributed by atoms with Crippen molar-refractivity contribution in [2.45, 2.75) is 20.3 Å². The second kappa shape index (κ2) is 7.54. The third kappa shape index (κ3) is 4.84. The van der Waals surface area contributed by atoms with Crippen molar-refractivity contribution in [3.05, 3.63) is 54.0 Å². The summed E-state index contributed by atoms with van der Waals surface area (Å²) in [5.41, 5.74) is 0.972. The molecule has 0 spiro atoms. The fourth-order valence-corrected chi connectivity index (χ4v) is 1.90. The van der Waals surface area contributed by atoms with Crippen molar-refractivity contribution in [1.82, 2.24) is 4.98 Å². The quantitative estimate of drug-likeness (QED) is 0.859. The lowest BCUT2D eigenvalue weighted by molar-refractivity contribution is -0.115. The summed E-state index contributed by atoms with van der Waals surface area (Å²) in [4.78, 5) is 16.1. The summed E-state index contributed by atoms with van der Waals surface area (Å²) in [5.74, 6) is 0.654. The number of halogens is 1. The van der Waals surface area contributed by atoms with E-state index in [9.17, 15) is 9.18 Å². The number of hydrogen-bond donors (Lipinski definition) is 2. The van der Waals surface area contributed by atoms with Crippen LogP contribution in [0.4, 0.5) is 15.9 Å². The Labute approximate surface area is 129 Å². The van der Waals surface area contributed by atoms with Crippen molar-refractivity contribution in [3.63, 3.8) is 0 Å². The molecule has 4 nitrogen and oxygen atoms in total. The number of aromatic nitrogens is 1. The van der Waals surface area contributed by atoms with Crippen LogP contribution in [0.2, 0.25) is 0 Å². The van der Waals surface area contributed by atoms with Gasteiger partial charge in [0.15, 0.2) is 0 Å². The number of nitrogens with one attached hydrogen (secondary N) is 2. The number of benzene rings is 1. The van der Waals surface area contributed by atoms with Crippen molar-refractivity contribution in [3.8, 4) is 0 Å². The van der Waals surface area contributed by atoms with Crippen molar-refractivity contribution in [2.75, 3.05) is 17.2 Å². The molecule has 2 rings (SSSR count). The topological polar surface area (TPSA) is 54.0 Å². The minimum absolute atomic E-state index is 0.0000240. The summed E-state index contributed by atoms with van der Waals surface area (Å²) in [5, 5.41) is 5.91. The minimum Gasteiger partial charge on any atom is -0.370 e. The minimum atomic E-state index is -0.371. The highest BCUT2D eigenvalue weighted by atomic mass is 19.1. The van der Waals surface area contributed by atoms with Crippen molar-refractivity contribution in [1.29, 1.82) is 0 Å². The molecule has 1 amide bonds. The molecular formula is C17H20FN3O. The van der Waals surface area contributed by atoms with Gasteiger partial charge in [-0.15, -0.1) is 0 Å². The van der Waals surface area contributed by atoms with E-state index in [4.69, 9.17) is 0 Å². The van der Waals surface area contributed by atoms with Crippen molar-refractivity contribution < 1.29 is 9.18 Å². The third-order valence-electron chi connectivity index (χ3n) is 3.05. The summed E-state index contributed by atoms with van der Waals surface area (Å²) >= 11 is 0. The monoisotopic (exact) mass is 301 g/mol. The van der Waals surface area contributed by atoms with E-state index in [1.807, 2.05) is 0 Å². The first-order valence-electron chi connectivity index (χ1n) is 7.28. The lowest BCUT2D eigenvalue weighted by Crippen LogP contribution is -2.15. The molecule has 0 aliphatic rings. The number of pyridine rings is 1. The zero-order valence-electron chi connectivity index (χ0n) is 12.8. The first kappa shape index (κ1) is 15.9. The SMILES string of the molecule is CC(C)CNc1ccc(NC(=O)Cc2ccccc2F)cn1. The van der Waals surface area contributed by atoms with Gasteiger partial charge in [0.1, 0.15) is 11.6 Å². The number of rotatable bonds is 6. The van der Waals surface area contributed by atoms with Crippen LogP contribution in [-0.4, -0.2) is 17.4 Å². The molecule has 1 aromatic heterocycles. The first-order valence-corrected chi connectivity index (χ1v) is 7.28. The van der Waals surface area contributed by atoms with Gasteiger partial charge in [-0.2, -0.15) is 0 Å². The number of amides is 1. The van der Waals surface area contributed by atoms with Gasteiger partial charge < -0.3 is 10.6 Å². The molecule has 0 aliphatic carbocycles. The van der Waals surface area contributed by atoms with E-state index in [0.29, 0.717) is 17.2 Å². The van der Waals surface area contributed by atoms with E-state index in [0.717, 1.165) is 12.4 Å². The van der Waals surface area contributed by atoms with Crippen LogP contribution in [0.1, 0.15) is 19.4 Å². The molecule has 0 radical (unpaired) electrons. The predicted molar refractivity (Wildman–Crippen MR) is 86.3 cm³/mol. The Balaban J connectivity index is 1.90. The van der Waals surface area contributed by atoms with Gasteiger partial charge in [0.25, 0.3) is 0 Å². The van der Waals surface area contributed by atoms with Gasteiger partial charge in [0.05, 0.1) is 18.3 Å². The zero-order valence-corrected chi connectivity index (χ0v) is 12.8. The molecule has 2 N–H and O–H groups in total. The summed E-state index contributed by atoms with van der Waals surface area (Å²) in [6.45, 7) is 5.07. The number of carbonyl (C=O) groups excluding carboxylic acids is 1. The second-order valence-corrected chi connectivity index (χ2v) is 5.52. The van der Waals surface area contributed by atoms with E-state index in [2.05, 4.69) is 29.5 Å². The fourth-order valence-electron chi connectivity index (χ4n) is 1.90. The molecule has 1 aromatic carbocycles. The Kier molecular flexibility index (Phi) is 5.47. The van der Waals surface area contributed by atoms with Gasteiger partial charge in [-0.25, -0.2) is 9.37 Å². The molecular weight excluding hydrogens is 281 g/mol. The molecule has 2 aromatic rings. The van der Waals surface area contributed by atoms with Crippen LogP contribution in [0.5, 0.6) is 0 Å². The van der Waals surface area contributed by atoms with E-state index in [1.165, 1.54) is 6.07 Å². The average Bonchev–Trinajstić information content (AvgIpc) is 2.49. The van der Waals surface area contributed by atoms with Gasteiger partial charge in [-0.1, -0.05) is 32.0 Å². The van der Waals surface area contributed by atoms with Gasteiger partial charge in [-0.05, 0) is 29.7 Å². The van der Waals surface area contributed by atoms with E-state index in [1.54, 1.807) is 36.5 Å². The summed E-state index contributed by atoms with van der Waals surface area (Å²) in [6, 6.07) is 9.84. The Morgan fingerprint density at radius 2 is 2.00 bits per heavy atom. The second-order valence-electron chi connectivity index (χ2n) is 5.52. The highest BCUT2D eigenvalue weighted by molar-refractivity contribution is 5.92. The number of carbonyl (C=O) groups is 1. The van der Waals surface area contributed by atoms with Crippen LogP contribution in [0.25, 0.3) is 0 Å². The maximum absolute atomic E-state index is 13.5. The molecule has 0 saturated carbocycles. The van der Waals surface area contributed by atoms with Gasteiger partial charge in [0, 0.05) is 6.54 Å². The largest absolute Gasteiger partial charge is 0.370 e. The predicted octanol–water partition coefficient (Wildman–Crippen LogP) is 3.47. The normalized spacial score (nSPS) is 10.5. The summed E-state index contributed by atoms with van der Waals surface area (Å²) in [7, 11) is 0. The van der Waals surface area contributed by atoms with E-state index in [-0.39, 0.29) is 18.1 Å². The number of hydrogen-bond acceptors (Lipinski definition) is 3. The van der Waals surface area contributed by atoms with Gasteiger partial charge in [-0.3, -0.25) is 4.79 Å². The Bertz CT molecular complexity index is 626. The molecule has 0 saturated heterocycles. The van der Waals surface area contributed by atoms with Crippen molar-refractivity contribution >= 4 is 17.4 Å². The number of anilines is 2. The lowest BCUT2D eigenvalue weighted by atomic mass is 10.1. The highest BCUT2D eigenvalue weighted by Gasteiger charge is 2.08. The van der Waals surface area contributed by atoms with Crippen LogP contribution >= 0.6 is 0 Å². The molecule has 116 valence electrons. The molecule has 5 heteroatoms. The molecule has 1 heterocycles. The van der Waals surface area contributed by atoms with Gasteiger partial charge in [0.2, 0.25) is 5.91 Å². The Hall–Kier alpha value is -2.43. The fraction of sp³-hybridized carbons (Fsp3) is 0.294. The standard InChI is InChI=1S/C17H20FN3O/c1-12(2)10-19-16-8-7-14(11-20-16)21-17(22)9-13-5-3-4-6-15(13)18/h3-8,11-12H,9-10H2,1-2H3,(H,19,20)(H,21,22). The molecule has 0 bridgehead atoms. The maximum Gasteiger partial charge on any atom is 0.228 e. The van der Waals surface area contributed by atoms with Crippen LogP contribution < -0.4 is 10.6 Å². The summed E-state index contributed by atoms with van der Waals surface area (Å²) < 4.78 is 13.5. The molecule has 0 aliphatic heterocycles. The third-order valence-corrected chi connectivity index (χ3v) is 3.05. The molecule has 0 atom stereocenters. The van der Waals surface area contributed by atoms with E-state index < -0.39 is 0 Å². The van der Waals surface area contributed by atoms with Crippen molar-refractivity contribution in [2.24, 2.45) is 5.92 Å². The Morgan fingerprint density at radius 1 is 1.23 bits per heavy atom. The molecule has 0 fully saturated rings. The maximum atomic E-state index is 13.5. The lowest BCUT2D eigenvalue weighted by Gasteiger charge is -2.09. The smallest absolute Gasteiger partial charge is 0.228 e. The highest BCUT2D eigenvalue weighted by Crippen LogP contribution is 2.12. The van der Waals surface area contributed by atoms with Gasteiger partial charge >= 0.3 is 0 Å². The van der Waals surface area contributed by atoms with Crippen LogP contribution in [0.15, 0.2) is 42.6 Å². The molecule has 0 unspecified atom stereocenters. The van der Waals surface area contributed by atoms with Crippen LogP contribution in [0.3, 0.4) is 0 Å².